The maximum Gasteiger partial charge on any atom is 0.219 e. The molecule has 1 atom stereocenters. The Hall–Kier alpha value is -1.51. The zero-order valence-electron chi connectivity index (χ0n) is 10.2. The highest BCUT2D eigenvalue weighted by molar-refractivity contribution is 5.75. The van der Waals surface area contributed by atoms with Gasteiger partial charge in [0.25, 0.3) is 0 Å². The van der Waals surface area contributed by atoms with Crippen LogP contribution in [0.15, 0.2) is 18.2 Å². The lowest BCUT2D eigenvalue weighted by atomic mass is 9.97. The fourth-order valence-corrected chi connectivity index (χ4v) is 2.49. The second-order valence-corrected chi connectivity index (χ2v) is 4.61. The Morgan fingerprint density at radius 2 is 2.35 bits per heavy atom. The maximum absolute atomic E-state index is 11.1. The fraction of sp³-hybridized carbons (Fsp3) is 0.500. The smallest absolute Gasteiger partial charge is 0.219 e. The minimum absolute atomic E-state index is 0.110. The molecule has 0 heterocycles. The summed E-state index contributed by atoms with van der Waals surface area (Å²) in [6.45, 7) is 2.59. The number of benzene rings is 1. The number of phenols is 1. The molecule has 17 heavy (non-hydrogen) atoms. The number of carbonyl (C=O) groups is 1. The van der Waals surface area contributed by atoms with Crippen molar-refractivity contribution < 1.29 is 9.90 Å². The summed E-state index contributed by atoms with van der Waals surface area (Å²) >= 11 is 0. The van der Waals surface area contributed by atoms with Gasteiger partial charge in [0, 0.05) is 13.0 Å². The molecule has 0 aliphatic heterocycles. The van der Waals surface area contributed by atoms with Crippen LogP contribution in [0, 0.1) is 0 Å². The minimum Gasteiger partial charge on any atom is -0.508 e. The van der Waals surface area contributed by atoms with Crippen molar-refractivity contribution in [3.05, 3.63) is 29.3 Å². The molecule has 1 aliphatic rings. The molecule has 1 aliphatic carbocycles. The molecule has 2 N–H and O–H groups in total. The van der Waals surface area contributed by atoms with Crippen LogP contribution in [0.1, 0.15) is 43.2 Å². The summed E-state index contributed by atoms with van der Waals surface area (Å²) in [6, 6.07) is 5.63. The highest BCUT2D eigenvalue weighted by atomic mass is 16.3. The number of rotatable bonds is 4. The van der Waals surface area contributed by atoms with Gasteiger partial charge in [0.2, 0.25) is 5.91 Å². The van der Waals surface area contributed by atoms with Gasteiger partial charge < -0.3 is 10.4 Å². The van der Waals surface area contributed by atoms with Crippen molar-refractivity contribution in [3.8, 4) is 5.75 Å². The third-order valence-corrected chi connectivity index (χ3v) is 3.47. The van der Waals surface area contributed by atoms with E-state index >= 15 is 0 Å². The molecular formula is C14H19NO2. The lowest BCUT2D eigenvalue weighted by Gasteiger charge is -2.12. The number of aryl methyl sites for hydroxylation is 1. The Morgan fingerprint density at radius 3 is 3.12 bits per heavy atom. The monoisotopic (exact) mass is 233 g/mol. The lowest BCUT2D eigenvalue weighted by molar-refractivity contribution is -0.120. The van der Waals surface area contributed by atoms with Gasteiger partial charge in [-0.2, -0.15) is 0 Å². The van der Waals surface area contributed by atoms with Gasteiger partial charge in [-0.25, -0.2) is 0 Å². The zero-order valence-corrected chi connectivity index (χ0v) is 10.2. The molecule has 0 spiro atoms. The second kappa shape index (κ2) is 5.21. The van der Waals surface area contributed by atoms with Gasteiger partial charge in [0.1, 0.15) is 5.75 Å². The van der Waals surface area contributed by atoms with Crippen molar-refractivity contribution in [3.63, 3.8) is 0 Å². The van der Waals surface area contributed by atoms with Gasteiger partial charge >= 0.3 is 0 Å². The number of carbonyl (C=O) groups excluding carboxylic acids is 1. The van der Waals surface area contributed by atoms with E-state index in [9.17, 15) is 9.90 Å². The van der Waals surface area contributed by atoms with Crippen molar-refractivity contribution in [2.75, 3.05) is 6.54 Å². The van der Waals surface area contributed by atoms with Gasteiger partial charge in [-0.05, 0) is 48.4 Å². The van der Waals surface area contributed by atoms with Crippen LogP contribution < -0.4 is 5.32 Å². The first-order chi connectivity index (χ1) is 8.20. The number of fused-ring (bicyclic) bond motifs is 1. The van der Waals surface area contributed by atoms with Crippen molar-refractivity contribution >= 4 is 5.91 Å². The largest absolute Gasteiger partial charge is 0.508 e. The zero-order chi connectivity index (χ0) is 12.3. The fourth-order valence-electron chi connectivity index (χ4n) is 2.49. The van der Waals surface area contributed by atoms with E-state index in [0.717, 1.165) is 25.8 Å². The SMILES string of the molecule is CCC(=O)NCC[C@@H]1CCc2ccc(O)cc21. The summed E-state index contributed by atoms with van der Waals surface area (Å²) in [5.74, 6) is 0.932. The van der Waals surface area contributed by atoms with Crippen LogP contribution in [0.25, 0.3) is 0 Å². The van der Waals surface area contributed by atoms with Crippen molar-refractivity contribution in [1.82, 2.24) is 5.32 Å². The first-order valence-electron chi connectivity index (χ1n) is 6.29. The summed E-state index contributed by atoms with van der Waals surface area (Å²) in [5.41, 5.74) is 2.60. The van der Waals surface area contributed by atoms with Crippen LogP contribution in [-0.4, -0.2) is 17.6 Å². The predicted molar refractivity (Wildman–Crippen MR) is 67.1 cm³/mol. The summed E-state index contributed by atoms with van der Waals surface area (Å²) < 4.78 is 0. The number of hydrogen-bond acceptors (Lipinski definition) is 2. The Kier molecular flexibility index (Phi) is 3.67. The molecule has 3 heteroatoms. The van der Waals surface area contributed by atoms with Crippen LogP contribution in [-0.2, 0) is 11.2 Å². The van der Waals surface area contributed by atoms with Crippen LogP contribution in [0.2, 0.25) is 0 Å². The maximum atomic E-state index is 11.1. The van der Waals surface area contributed by atoms with Gasteiger partial charge in [-0.1, -0.05) is 13.0 Å². The topological polar surface area (TPSA) is 49.3 Å². The average Bonchev–Trinajstić information content (AvgIpc) is 2.72. The molecule has 0 fully saturated rings. The van der Waals surface area contributed by atoms with E-state index in [-0.39, 0.29) is 5.91 Å². The second-order valence-electron chi connectivity index (χ2n) is 4.61. The molecular weight excluding hydrogens is 214 g/mol. The normalized spacial score (nSPS) is 17.8. The van der Waals surface area contributed by atoms with E-state index in [2.05, 4.69) is 5.32 Å². The van der Waals surface area contributed by atoms with Crippen LogP contribution in [0.3, 0.4) is 0 Å². The Balaban J connectivity index is 1.93. The van der Waals surface area contributed by atoms with Gasteiger partial charge in [-0.3, -0.25) is 4.79 Å². The van der Waals surface area contributed by atoms with Gasteiger partial charge in [0.15, 0.2) is 0 Å². The Labute approximate surface area is 102 Å². The van der Waals surface area contributed by atoms with E-state index in [4.69, 9.17) is 0 Å². The third-order valence-electron chi connectivity index (χ3n) is 3.47. The number of aromatic hydroxyl groups is 1. The van der Waals surface area contributed by atoms with E-state index < -0.39 is 0 Å². The first kappa shape index (κ1) is 12.0. The van der Waals surface area contributed by atoms with Crippen LogP contribution >= 0.6 is 0 Å². The number of amides is 1. The molecule has 0 saturated carbocycles. The van der Waals surface area contributed by atoms with Crippen molar-refractivity contribution in [1.29, 1.82) is 0 Å². The van der Waals surface area contributed by atoms with Gasteiger partial charge in [0.05, 0.1) is 0 Å². The summed E-state index contributed by atoms with van der Waals surface area (Å²) in [6.07, 6.45) is 3.72. The summed E-state index contributed by atoms with van der Waals surface area (Å²) in [7, 11) is 0. The molecule has 1 aromatic carbocycles. The average molecular weight is 233 g/mol. The summed E-state index contributed by atoms with van der Waals surface area (Å²) in [4.78, 5) is 11.1. The highest BCUT2D eigenvalue weighted by Crippen LogP contribution is 2.36. The van der Waals surface area contributed by atoms with E-state index in [1.54, 1.807) is 6.07 Å². The standard InChI is InChI=1S/C14H19NO2/c1-2-14(17)15-8-7-11-4-3-10-5-6-12(16)9-13(10)11/h5-6,9,11,16H,2-4,7-8H2,1H3,(H,15,17)/t11-/m0/s1. The predicted octanol–water partition coefficient (Wildman–Crippen LogP) is 2.34. The van der Waals surface area contributed by atoms with Crippen LogP contribution in [0.5, 0.6) is 5.75 Å². The molecule has 0 saturated heterocycles. The third kappa shape index (κ3) is 2.78. The quantitative estimate of drug-likeness (QED) is 0.838. The molecule has 0 bridgehead atoms. The van der Waals surface area contributed by atoms with E-state index in [0.29, 0.717) is 18.1 Å². The molecule has 1 aromatic rings. The molecule has 0 radical (unpaired) electrons. The Morgan fingerprint density at radius 1 is 1.53 bits per heavy atom. The van der Waals surface area contributed by atoms with Gasteiger partial charge in [-0.15, -0.1) is 0 Å². The van der Waals surface area contributed by atoms with Crippen molar-refractivity contribution in [2.24, 2.45) is 0 Å². The molecule has 0 aromatic heterocycles. The first-order valence-corrected chi connectivity index (χ1v) is 6.29. The molecule has 1 amide bonds. The molecule has 0 unspecified atom stereocenters. The Bertz CT molecular complexity index is 415. The number of nitrogens with one attached hydrogen (secondary N) is 1. The van der Waals surface area contributed by atoms with Crippen LogP contribution in [0.4, 0.5) is 0 Å². The van der Waals surface area contributed by atoms with Crippen molar-refractivity contribution in [2.45, 2.75) is 38.5 Å². The molecule has 2 rings (SSSR count). The molecule has 3 nitrogen and oxygen atoms in total. The molecule has 92 valence electrons. The number of phenolic OH excluding ortho intramolecular Hbond substituents is 1. The highest BCUT2D eigenvalue weighted by Gasteiger charge is 2.22. The minimum atomic E-state index is 0.110. The number of hydrogen-bond donors (Lipinski definition) is 2. The summed E-state index contributed by atoms with van der Waals surface area (Å²) in [5, 5.41) is 12.4. The lowest BCUT2D eigenvalue weighted by Crippen LogP contribution is -2.24. The van der Waals surface area contributed by atoms with E-state index in [1.165, 1.54) is 11.1 Å². The van der Waals surface area contributed by atoms with E-state index in [1.807, 2.05) is 19.1 Å².